The third kappa shape index (κ3) is 3.42. The number of ether oxygens (including phenoxy) is 1. The summed E-state index contributed by atoms with van der Waals surface area (Å²) in [6, 6.07) is 3.20. The maximum absolute atomic E-state index is 12.6. The molecule has 1 aromatic heterocycles. The molecule has 0 saturated heterocycles. The largest absolute Gasteiger partial charge is 0.462 e. The van der Waals surface area contributed by atoms with E-state index in [0.717, 1.165) is 17.8 Å². The standard InChI is InChI=1S/C20H26N2O3/c1-2-25-19(24)16-3-4-21-17(8-16)22-18(23)12-20-9-13-5-14(10-20)7-15(6-13)11-20/h3-4,8,13-15H,2,5-7,9-12H2,1H3,(H,21,22,23). The molecule has 0 aliphatic heterocycles. The van der Waals surface area contributed by atoms with Gasteiger partial charge in [0.1, 0.15) is 5.82 Å². The lowest BCUT2D eigenvalue weighted by Gasteiger charge is -2.56. The second kappa shape index (κ2) is 6.43. The highest BCUT2D eigenvalue weighted by molar-refractivity contribution is 5.93. The van der Waals surface area contributed by atoms with Crippen LogP contribution in [-0.2, 0) is 9.53 Å². The monoisotopic (exact) mass is 342 g/mol. The summed E-state index contributed by atoms with van der Waals surface area (Å²) in [5, 5.41) is 2.90. The molecule has 0 unspecified atom stereocenters. The van der Waals surface area contributed by atoms with Gasteiger partial charge >= 0.3 is 5.97 Å². The van der Waals surface area contributed by atoms with Crippen molar-refractivity contribution in [3.63, 3.8) is 0 Å². The molecule has 0 aromatic carbocycles. The average molecular weight is 342 g/mol. The predicted octanol–water partition coefficient (Wildman–Crippen LogP) is 3.80. The van der Waals surface area contributed by atoms with Gasteiger partial charge in [0, 0.05) is 12.6 Å². The van der Waals surface area contributed by atoms with Crippen LogP contribution >= 0.6 is 0 Å². The van der Waals surface area contributed by atoms with E-state index in [0.29, 0.717) is 24.4 Å². The first-order valence-corrected chi connectivity index (χ1v) is 9.48. The van der Waals surface area contributed by atoms with E-state index >= 15 is 0 Å². The highest BCUT2D eigenvalue weighted by Crippen LogP contribution is 2.61. The third-order valence-electron chi connectivity index (χ3n) is 6.24. The summed E-state index contributed by atoms with van der Waals surface area (Å²) in [5.74, 6) is 2.58. The van der Waals surface area contributed by atoms with Crippen molar-refractivity contribution in [2.45, 2.75) is 51.9 Å². The Kier molecular flexibility index (Phi) is 4.26. The first-order chi connectivity index (χ1) is 12.0. The molecule has 134 valence electrons. The first-order valence-electron chi connectivity index (χ1n) is 9.48. The lowest BCUT2D eigenvalue weighted by Crippen LogP contribution is -2.47. The number of pyridine rings is 1. The van der Waals surface area contributed by atoms with Gasteiger partial charge in [-0.3, -0.25) is 4.79 Å². The van der Waals surface area contributed by atoms with Crippen LogP contribution in [0.3, 0.4) is 0 Å². The van der Waals surface area contributed by atoms with Crippen molar-refractivity contribution in [1.29, 1.82) is 0 Å². The van der Waals surface area contributed by atoms with Crippen LogP contribution in [0.2, 0.25) is 0 Å². The Morgan fingerprint density at radius 2 is 1.84 bits per heavy atom. The molecule has 5 heteroatoms. The number of amides is 1. The highest BCUT2D eigenvalue weighted by Gasteiger charge is 2.51. The van der Waals surface area contributed by atoms with Crippen LogP contribution in [0.4, 0.5) is 5.82 Å². The summed E-state index contributed by atoms with van der Waals surface area (Å²) in [7, 11) is 0. The summed E-state index contributed by atoms with van der Waals surface area (Å²) in [5.41, 5.74) is 0.624. The van der Waals surface area contributed by atoms with Crippen LogP contribution in [0.25, 0.3) is 0 Å². The van der Waals surface area contributed by atoms with Gasteiger partial charge in [0.25, 0.3) is 0 Å². The summed E-state index contributed by atoms with van der Waals surface area (Å²) in [6.07, 6.45) is 9.89. The van der Waals surface area contributed by atoms with Crippen LogP contribution < -0.4 is 5.32 Å². The molecule has 0 spiro atoms. The van der Waals surface area contributed by atoms with E-state index in [2.05, 4.69) is 10.3 Å². The predicted molar refractivity (Wildman–Crippen MR) is 94.0 cm³/mol. The van der Waals surface area contributed by atoms with E-state index < -0.39 is 0 Å². The number of carbonyl (C=O) groups is 2. The molecule has 0 radical (unpaired) electrons. The molecule has 25 heavy (non-hydrogen) atoms. The van der Waals surface area contributed by atoms with Crippen LogP contribution in [0.15, 0.2) is 18.3 Å². The van der Waals surface area contributed by atoms with Crippen molar-refractivity contribution < 1.29 is 14.3 Å². The quantitative estimate of drug-likeness (QED) is 0.826. The molecule has 4 aliphatic rings. The van der Waals surface area contributed by atoms with Crippen LogP contribution in [-0.4, -0.2) is 23.5 Å². The molecule has 4 fully saturated rings. The number of carbonyl (C=O) groups excluding carboxylic acids is 2. The Morgan fingerprint density at radius 3 is 2.44 bits per heavy atom. The average Bonchev–Trinajstić information content (AvgIpc) is 2.53. The molecule has 5 nitrogen and oxygen atoms in total. The van der Waals surface area contributed by atoms with E-state index in [9.17, 15) is 9.59 Å². The maximum atomic E-state index is 12.6. The van der Waals surface area contributed by atoms with Crippen molar-refractivity contribution in [2.24, 2.45) is 23.2 Å². The van der Waals surface area contributed by atoms with Crippen molar-refractivity contribution >= 4 is 17.7 Å². The number of hydrogen-bond donors (Lipinski definition) is 1. The van der Waals surface area contributed by atoms with Gasteiger partial charge in [-0.25, -0.2) is 9.78 Å². The van der Waals surface area contributed by atoms with Gasteiger partial charge < -0.3 is 10.1 Å². The zero-order valence-corrected chi connectivity index (χ0v) is 14.8. The van der Waals surface area contributed by atoms with Crippen molar-refractivity contribution in [3.05, 3.63) is 23.9 Å². The molecule has 1 heterocycles. The summed E-state index contributed by atoms with van der Waals surface area (Å²) in [4.78, 5) is 28.6. The van der Waals surface area contributed by atoms with Gasteiger partial charge in [0.2, 0.25) is 5.91 Å². The lowest BCUT2D eigenvalue weighted by molar-refractivity contribution is -0.124. The first kappa shape index (κ1) is 16.6. The second-order valence-electron chi connectivity index (χ2n) is 8.29. The summed E-state index contributed by atoms with van der Waals surface area (Å²) in [6.45, 7) is 2.10. The van der Waals surface area contributed by atoms with E-state index in [1.807, 2.05) is 0 Å². The van der Waals surface area contributed by atoms with Gasteiger partial charge in [-0.2, -0.15) is 0 Å². The fraction of sp³-hybridized carbons (Fsp3) is 0.650. The summed E-state index contributed by atoms with van der Waals surface area (Å²) >= 11 is 0. The fourth-order valence-corrected chi connectivity index (χ4v) is 5.87. The number of esters is 1. The lowest BCUT2D eigenvalue weighted by atomic mass is 9.49. The Hall–Kier alpha value is -1.91. The van der Waals surface area contributed by atoms with Gasteiger partial charge in [-0.15, -0.1) is 0 Å². The van der Waals surface area contributed by atoms with Crippen LogP contribution in [0, 0.1) is 23.2 Å². The highest BCUT2D eigenvalue weighted by atomic mass is 16.5. The zero-order valence-electron chi connectivity index (χ0n) is 14.8. The Balaban J connectivity index is 1.41. The van der Waals surface area contributed by atoms with Crippen LogP contribution in [0.1, 0.15) is 62.2 Å². The van der Waals surface area contributed by atoms with Gasteiger partial charge in [-0.05, 0) is 80.8 Å². The van der Waals surface area contributed by atoms with Crippen molar-refractivity contribution in [1.82, 2.24) is 4.98 Å². The number of rotatable bonds is 5. The fourth-order valence-electron chi connectivity index (χ4n) is 5.87. The third-order valence-corrected chi connectivity index (χ3v) is 6.24. The minimum absolute atomic E-state index is 0.0236. The van der Waals surface area contributed by atoms with Crippen LogP contribution in [0.5, 0.6) is 0 Å². The van der Waals surface area contributed by atoms with E-state index in [1.54, 1.807) is 19.1 Å². The Bertz CT molecular complexity index is 650. The van der Waals surface area contributed by atoms with Gasteiger partial charge in [0.05, 0.1) is 12.2 Å². The molecule has 4 bridgehead atoms. The molecule has 0 atom stereocenters. The number of nitrogens with one attached hydrogen (secondary N) is 1. The smallest absolute Gasteiger partial charge is 0.338 e. The molecule has 1 aromatic rings. The molecule has 4 saturated carbocycles. The summed E-state index contributed by atoms with van der Waals surface area (Å²) < 4.78 is 5.00. The molecule has 1 N–H and O–H groups in total. The molecule has 1 amide bonds. The minimum atomic E-state index is -0.388. The number of anilines is 1. The van der Waals surface area contributed by atoms with E-state index in [-0.39, 0.29) is 17.3 Å². The van der Waals surface area contributed by atoms with E-state index in [4.69, 9.17) is 4.74 Å². The van der Waals surface area contributed by atoms with E-state index in [1.165, 1.54) is 44.7 Å². The zero-order chi connectivity index (χ0) is 17.4. The van der Waals surface area contributed by atoms with Crippen molar-refractivity contribution in [3.8, 4) is 0 Å². The minimum Gasteiger partial charge on any atom is -0.462 e. The van der Waals surface area contributed by atoms with Crippen molar-refractivity contribution in [2.75, 3.05) is 11.9 Å². The number of hydrogen-bond acceptors (Lipinski definition) is 4. The van der Waals surface area contributed by atoms with Gasteiger partial charge in [-0.1, -0.05) is 0 Å². The molecule has 4 aliphatic carbocycles. The number of nitrogens with zero attached hydrogens (tertiary/aromatic N) is 1. The second-order valence-corrected chi connectivity index (χ2v) is 8.29. The molecular formula is C20H26N2O3. The molecule has 5 rings (SSSR count). The normalized spacial score (nSPS) is 32.4. The van der Waals surface area contributed by atoms with Gasteiger partial charge in [0.15, 0.2) is 0 Å². The molecular weight excluding hydrogens is 316 g/mol. The maximum Gasteiger partial charge on any atom is 0.338 e. The Morgan fingerprint density at radius 1 is 1.20 bits per heavy atom. The topological polar surface area (TPSA) is 68.3 Å². The number of aromatic nitrogens is 1. The SMILES string of the molecule is CCOC(=O)c1ccnc(NC(=O)CC23CC4CC(CC(C4)C2)C3)c1. The Labute approximate surface area is 148 Å².